The number of thiocarbonyl (C=S) groups is 1. The maximum absolute atomic E-state index is 12.7. The number of rotatable bonds is 7. The second-order valence-corrected chi connectivity index (χ2v) is 8.32. The van der Waals surface area contributed by atoms with Crippen LogP contribution in [0.2, 0.25) is 5.02 Å². The van der Waals surface area contributed by atoms with Gasteiger partial charge in [0.2, 0.25) is 5.91 Å². The van der Waals surface area contributed by atoms with Crippen molar-refractivity contribution in [3.05, 3.63) is 64.0 Å². The molecule has 2 aromatic carbocycles. The number of thioether (sulfide) groups is 1. The summed E-state index contributed by atoms with van der Waals surface area (Å²) in [5.74, 6) is 0.420. The quantitative estimate of drug-likeness (QED) is 0.480. The van der Waals surface area contributed by atoms with Crippen LogP contribution < -0.4 is 10.1 Å². The Balaban J connectivity index is 1.55. The van der Waals surface area contributed by atoms with E-state index >= 15 is 0 Å². The Hall–Kier alpha value is -2.35. The molecule has 0 saturated carbocycles. The van der Waals surface area contributed by atoms with Gasteiger partial charge in [-0.15, -0.1) is 0 Å². The fraction of sp³-hybridized carbons (Fsp3) is 0.190. The van der Waals surface area contributed by atoms with E-state index in [1.54, 1.807) is 37.5 Å². The first kappa shape index (κ1) is 21.4. The van der Waals surface area contributed by atoms with E-state index in [0.717, 1.165) is 11.3 Å². The second-order valence-electron chi connectivity index (χ2n) is 6.24. The van der Waals surface area contributed by atoms with E-state index in [1.165, 1.54) is 16.7 Å². The molecule has 0 bridgehead atoms. The smallest absolute Gasteiger partial charge is 0.266 e. The van der Waals surface area contributed by atoms with Crippen molar-refractivity contribution in [3.63, 3.8) is 0 Å². The molecular weight excluding hydrogens is 428 g/mol. The van der Waals surface area contributed by atoms with Crippen LogP contribution in [-0.4, -0.2) is 34.7 Å². The van der Waals surface area contributed by atoms with Crippen molar-refractivity contribution in [1.29, 1.82) is 0 Å². The van der Waals surface area contributed by atoms with E-state index in [1.807, 2.05) is 24.3 Å². The number of methoxy groups -OCH3 is 1. The number of halogens is 1. The van der Waals surface area contributed by atoms with Crippen LogP contribution in [0, 0.1) is 0 Å². The average Bonchev–Trinajstić information content (AvgIpc) is 2.97. The molecule has 2 amide bonds. The highest BCUT2D eigenvalue weighted by Crippen LogP contribution is 2.33. The SMILES string of the molecule is COc1cccc(C=C2SC(=S)N(CCCC(=O)Nc3ccccc3Cl)C2=O)c1. The molecule has 3 rings (SSSR count). The van der Waals surface area contributed by atoms with Gasteiger partial charge in [-0.3, -0.25) is 14.5 Å². The van der Waals surface area contributed by atoms with Crippen molar-refractivity contribution < 1.29 is 14.3 Å². The molecule has 5 nitrogen and oxygen atoms in total. The summed E-state index contributed by atoms with van der Waals surface area (Å²) in [5.41, 5.74) is 1.44. The summed E-state index contributed by atoms with van der Waals surface area (Å²) in [6.07, 6.45) is 2.55. The van der Waals surface area contributed by atoms with Crippen molar-refractivity contribution in [2.75, 3.05) is 19.0 Å². The standard InChI is InChI=1S/C21H19ClN2O3S2/c1-27-15-7-4-6-14(12-15)13-18-20(26)24(21(28)29-18)11-5-10-19(25)23-17-9-3-2-8-16(17)22/h2-4,6-9,12-13H,5,10-11H2,1H3,(H,23,25). The normalized spacial score (nSPS) is 15.1. The molecule has 1 aliphatic heterocycles. The molecule has 8 heteroatoms. The van der Waals surface area contributed by atoms with E-state index in [0.29, 0.717) is 32.9 Å². The molecule has 1 heterocycles. The van der Waals surface area contributed by atoms with E-state index in [-0.39, 0.29) is 18.2 Å². The van der Waals surface area contributed by atoms with Crippen molar-refractivity contribution in [2.24, 2.45) is 0 Å². The Morgan fingerprint density at radius 3 is 2.83 bits per heavy atom. The first-order valence-electron chi connectivity index (χ1n) is 8.92. The Morgan fingerprint density at radius 1 is 1.28 bits per heavy atom. The van der Waals surface area contributed by atoms with Crippen LogP contribution in [0.5, 0.6) is 5.75 Å². The first-order chi connectivity index (χ1) is 14.0. The minimum Gasteiger partial charge on any atom is -0.497 e. The van der Waals surface area contributed by atoms with Crippen molar-refractivity contribution in [1.82, 2.24) is 4.90 Å². The lowest BCUT2D eigenvalue weighted by molar-refractivity contribution is -0.122. The zero-order chi connectivity index (χ0) is 20.8. The van der Waals surface area contributed by atoms with Crippen LogP contribution in [0.25, 0.3) is 6.08 Å². The fourth-order valence-electron chi connectivity index (χ4n) is 2.75. The van der Waals surface area contributed by atoms with Crippen molar-refractivity contribution in [3.8, 4) is 5.75 Å². The number of nitrogens with zero attached hydrogens (tertiary/aromatic N) is 1. The molecule has 0 atom stereocenters. The lowest BCUT2D eigenvalue weighted by Gasteiger charge is -2.14. The predicted octanol–water partition coefficient (Wildman–Crippen LogP) is 4.97. The largest absolute Gasteiger partial charge is 0.497 e. The van der Waals surface area contributed by atoms with E-state index in [9.17, 15) is 9.59 Å². The van der Waals surface area contributed by atoms with E-state index < -0.39 is 0 Å². The zero-order valence-electron chi connectivity index (χ0n) is 15.7. The van der Waals surface area contributed by atoms with Crippen LogP contribution in [-0.2, 0) is 9.59 Å². The fourth-order valence-corrected chi connectivity index (χ4v) is 4.24. The average molecular weight is 447 g/mol. The van der Waals surface area contributed by atoms with Crippen LogP contribution in [0.1, 0.15) is 18.4 Å². The Kier molecular flexibility index (Phi) is 7.30. The molecule has 2 aromatic rings. The highest BCUT2D eigenvalue weighted by molar-refractivity contribution is 8.26. The molecule has 29 heavy (non-hydrogen) atoms. The molecule has 0 aliphatic carbocycles. The molecule has 1 saturated heterocycles. The van der Waals surface area contributed by atoms with Gasteiger partial charge < -0.3 is 10.1 Å². The van der Waals surface area contributed by atoms with Crippen LogP contribution in [0.3, 0.4) is 0 Å². The number of hydrogen-bond acceptors (Lipinski definition) is 5. The van der Waals surface area contributed by atoms with Crippen LogP contribution in [0.15, 0.2) is 53.4 Å². The van der Waals surface area contributed by atoms with Crippen LogP contribution in [0.4, 0.5) is 5.69 Å². The van der Waals surface area contributed by atoms with Crippen molar-refractivity contribution >= 4 is 63.5 Å². The van der Waals surface area contributed by atoms with Gasteiger partial charge in [-0.25, -0.2) is 0 Å². The van der Waals surface area contributed by atoms with E-state index in [2.05, 4.69) is 5.32 Å². The van der Waals surface area contributed by atoms with Gasteiger partial charge in [0.05, 0.1) is 22.7 Å². The van der Waals surface area contributed by atoms with E-state index in [4.69, 9.17) is 28.6 Å². The van der Waals surface area contributed by atoms with Gasteiger partial charge in [0.25, 0.3) is 5.91 Å². The van der Waals surface area contributed by atoms with Gasteiger partial charge in [0, 0.05) is 13.0 Å². The molecular formula is C21H19ClN2O3S2. The molecule has 150 valence electrons. The molecule has 1 aliphatic rings. The third-order valence-corrected chi connectivity index (χ3v) is 5.91. The molecule has 0 unspecified atom stereocenters. The maximum Gasteiger partial charge on any atom is 0.266 e. The number of carbonyl (C=O) groups excluding carboxylic acids is 2. The number of anilines is 1. The maximum atomic E-state index is 12.7. The number of nitrogens with one attached hydrogen (secondary N) is 1. The number of benzene rings is 2. The Bertz CT molecular complexity index is 978. The highest BCUT2D eigenvalue weighted by atomic mass is 35.5. The first-order valence-corrected chi connectivity index (χ1v) is 10.5. The number of hydrogen-bond donors (Lipinski definition) is 1. The van der Waals surface area contributed by atoms with Gasteiger partial charge in [-0.2, -0.15) is 0 Å². The van der Waals surface area contributed by atoms with Gasteiger partial charge >= 0.3 is 0 Å². The highest BCUT2D eigenvalue weighted by Gasteiger charge is 2.31. The summed E-state index contributed by atoms with van der Waals surface area (Å²) in [6, 6.07) is 14.5. The lowest BCUT2D eigenvalue weighted by Crippen LogP contribution is -2.29. The summed E-state index contributed by atoms with van der Waals surface area (Å²) < 4.78 is 5.71. The Labute approximate surface area is 184 Å². The minimum absolute atomic E-state index is 0.144. The molecule has 1 N–H and O–H groups in total. The topological polar surface area (TPSA) is 58.6 Å². The van der Waals surface area contributed by atoms with Gasteiger partial charge in [0.15, 0.2) is 0 Å². The summed E-state index contributed by atoms with van der Waals surface area (Å²) in [4.78, 5) is 26.9. The number of para-hydroxylation sites is 1. The Morgan fingerprint density at radius 2 is 2.07 bits per heavy atom. The third-order valence-electron chi connectivity index (χ3n) is 4.20. The minimum atomic E-state index is -0.157. The zero-order valence-corrected chi connectivity index (χ0v) is 18.1. The summed E-state index contributed by atoms with van der Waals surface area (Å²) in [7, 11) is 1.60. The molecule has 0 radical (unpaired) electrons. The molecule has 0 aromatic heterocycles. The monoisotopic (exact) mass is 446 g/mol. The summed E-state index contributed by atoms with van der Waals surface area (Å²) in [6.45, 7) is 0.385. The molecule has 1 fully saturated rings. The van der Waals surface area contributed by atoms with Gasteiger partial charge in [-0.05, 0) is 42.3 Å². The van der Waals surface area contributed by atoms with Crippen molar-refractivity contribution in [2.45, 2.75) is 12.8 Å². The molecule has 0 spiro atoms. The van der Waals surface area contributed by atoms with Crippen LogP contribution >= 0.6 is 35.6 Å². The van der Waals surface area contributed by atoms with Gasteiger partial charge in [0.1, 0.15) is 10.1 Å². The number of amides is 2. The second kappa shape index (κ2) is 9.91. The van der Waals surface area contributed by atoms with Gasteiger partial charge in [-0.1, -0.05) is 59.8 Å². The lowest BCUT2D eigenvalue weighted by atomic mass is 10.2. The number of carbonyl (C=O) groups is 2. The third kappa shape index (κ3) is 5.59. The number of ether oxygens (including phenoxy) is 1. The summed E-state index contributed by atoms with van der Waals surface area (Å²) in [5, 5.41) is 3.26. The predicted molar refractivity (Wildman–Crippen MR) is 122 cm³/mol. The summed E-state index contributed by atoms with van der Waals surface area (Å²) >= 11 is 12.7.